The fourth-order valence-electron chi connectivity index (χ4n) is 4.60. The van der Waals surface area contributed by atoms with Gasteiger partial charge in [0.25, 0.3) is 5.91 Å². The van der Waals surface area contributed by atoms with E-state index in [-0.39, 0.29) is 23.9 Å². The van der Waals surface area contributed by atoms with Crippen molar-refractivity contribution in [1.29, 1.82) is 0 Å². The molecule has 154 valence electrons. The zero-order valence-electron chi connectivity index (χ0n) is 16.9. The summed E-state index contributed by atoms with van der Waals surface area (Å²) in [6.07, 6.45) is 7.20. The Bertz CT molecular complexity index is 844. The number of aromatic amines is 1. The van der Waals surface area contributed by atoms with Crippen LogP contribution in [-0.4, -0.2) is 44.5 Å². The van der Waals surface area contributed by atoms with Crippen molar-refractivity contribution < 1.29 is 9.59 Å². The SMILES string of the molecule is Cc1nc([C@@H]2C[C@H](NC(=O)c3ccccc3)CN2C(=O)CCC2CCCC2)n[nH]1. The molecule has 1 saturated heterocycles. The zero-order valence-corrected chi connectivity index (χ0v) is 16.9. The predicted octanol–water partition coefficient (Wildman–Crippen LogP) is 3.16. The fourth-order valence-corrected chi connectivity index (χ4v) is 4.60. The van der Waals surface area contributed by atoms with Crippen LogP contribution in [0.25, 0.3) is 0 Å². The van der Waals surface area contributed by atoms with E-state index < -0.39 is 0 Å². The van der Waals surface area contributed by atoms with E-state index in [9.17, 15) is 9.59 Å². The van der Waals surface area contributed by atoms with Crippen LogP contribution in [0.2, 0.25) is 0 Å². The molecule has 2 amide bonds. The number of benzene rings is 1. The molecular weight excluding hydrogens is 366 g/mol. The van der Waals surface area contributed by atoms with Crippen molar-refractivity contribution in [3.8, 4) is 0 Å². The Balaban J connectivity index is 1.44. The Morgan fingerprint density at radius 3 is 2.66 bits per heavy atom. The van der Waals surface area contributed by atoms with Crippen LogP contribution in [0.4, 0.5) is 0 Å². The second-order valence-corrected chi connectivity index (χ2v) is 8.30. The quantitative estimate of drug-likeness (QED) is 0.786. The van der Waals surface area contributed by atoms with Gasteiger partial charge in [-0.1, -0.05) is 43.9 Å². The lowest BCUT2D eigenvalue weighted by Crippen LogP contribution is -2.38. The molecule has 2 aliphatic rings. The Labute approximate surface area is 171 Å². The smallest absolute Gasteiger partial charge is 0.251 e. The third-order valence-corrected chi connectivity index (χ3v) is 6.15. The van der Waals surface area contributed by atoms with Gasteiger partial charge in [0.05, 0.1) is 6.04 Å². The Morgan fingerprint density at radius 2 is 1.97 bits per heavy atom. The third-order valence-electron chi connectivity index (χ3n) is 6.15. The monoisotopic (exact) mass is 395 g/mol. The van der Waals surface area contributed by atoms with Gasteiger partial charge in [0.15, 0.2) is 5.82 Å². The molecule has 2 aromatic rings. The van der Waals surface area contributed by atoms with E-state index in [2.05, 4.69) is 20.5 Å². The molecule has 1 aliphatic heterocycles. The summed E-state index contributed by atoms with van der Waals surface area (Å²) in [5.41, 5.74) is 0.629. The van der Waals surface area contributed by atoms with Gasteiger partial charge in [0.1, 0.15) is 5.82 Å². The highest BCUT2D eigenvalue weighted by Crippen LogP contribution is 2.33. The van der Waals surface area contributed by atoms with Crippen LogP contribution in [0.5, 0.6) is 0 Å². The summed E-state index contributed by atoms with van der Waals surface area (Å²) >= 11 is 0. The number of likely N-dealkylation sites (tertiary alicyclic amines) is 1. The molecule has 0 unspecified atom stereocenters. The van der Waals surface area contributed by atoms with Gasteiger partial charge in [0, 0.05) is 24.6 Å². The number of H-pyrrole nitrogens is 1. The fraction of sp³-hybridized carbons (Fsp3) is 0.545. The summed E-state index contributed by atoms with van der Waals surface area (Å²) in [6, 6.07) is 8.87. The number of hydrogen-bond donors (Lipinski definition) is 2. The molecule has 2 heterocycles. The zero-order chi connectivity index (χ0) is 20.2. The summed E-state index contributed by atoms with van der Waals surface area (Å²) in [5.74, 6) is 2.07. The second-order valence-electron chi connectivity index (χ2n) is 8.30. The molecule has 7 heteroatoms. The molecule has 1 aliphatic carbocycles. The number of aromatic nitrogens is 3. The standard InChI is InChI=1S/C22H29N5O2/c1-15-23-21(26-25-15)19-13-18(24-22(29)17-9-3-2-4-10-17)14-27(19)20(28)12-11-16-7-5-6-8-16/h2-4,9-10,16,18-19H,5-8,11-14H2,1H3,(H,24,29)(H,23,25,26)/t18-,19-/m0/s1. The number of carbonyl (C=O) groups is 2. The summed E-state index contributed by atoms with van der Waals surface area (Å²) in [5, 5.41) is 10.3. The number of carbonyl (C=O) groups excluding carboxylic acids is 2. The van der Waals surface area contributed by atoms with Crippen molar-refractivity contribution in [3.63, 3.8) is 0 Å². The van der Waals surface area contributed by atoms with Gasteiger partial charge in [0.2, 0.25) is 5.91 Å². The lowest BCUT2D eigenvalue weighted by atomic mass is 10.0. The van der Waals surface area contributed by atoms with Gasteiger partial charge >= 0.3 is 0 Å². The Morgan fingerprint density at radius 1 is 1.21 bits per heavy atom. The van der Waals surface area contributed by atoms with Crippen LogP contribution in [0.15, 0.2) is 30.3 Å². The van der Waals surface area contributed by atoms with Gasteiger partial charge in [-0.05, 0) is 37.8 Å². The van der Waals surface area contributed by atoms with Crippen molar-refractivity contribution in [2.75, 3.05) is 6.54 Å². The summed E-state index contributed by atoms with van der Waals surface area (Å²) in [4.78, 5) is 31.9. The van der Waals surface area contributed by atoms with Crippen LogP contribution in [-0.2, 0) is 4.79 Å². The van der Waals surface area contributed by atoms with E-state index in [1.54, 1.807) is 12.1 Å². The topological polar surface area (TPSA) is 91.0 Å². The van der Waals surface area contributed by atoms with Crippen LogP contribution in [0, 0.1) is 12.8 Å². The first-order valence-corrected chi connectivity index (χ1v) is 10.6. The highest BCUT2D eigenvalue weighted by atomic mass is 16.2. The molecule has 0 bridgehead atoms. The Kier molecular flexibility index (Phi) is 5.92. The number of amides is 2. The lowest BCUT2D eigenvalue weighted by Gasteiger charge is -2.23. The molecule has 4 rings (SSSR count). The number of rotatable bonds is 6. The normalized spacial score (nSPS) is 22.2. The van der Waals surface area contributed by atoms with Gasteiger partial charge in [-0.25, -0.2) is 4.98 Å². The third kappa shape index (κ3) is 4.66. The van der Waals surface area contributed by atoms with E-state index in [1.807, 2.05) is 30.0 Å². The average molecular weight is 396 g/mol. The summed E-state index contributed by atoms with van der Waals surface area (Å²) in [7, 11) is 0. The molecule has 0 radical (unpaired) electrons. The van der Waals surface area contributed by atoms with E-state index in [0.717, 1.165) is 12.2 Å². The van der Waals surface area contributed by atoms with Crippen molar-refractivity contribution in [2.24, 2.45) is 5.92 Å². The number of aryl methyl sites for hydroxylation is 1. The molecule has 0 spiro atoms. The minimum Gasteiger partial charge on any atom is -0.347 e. The Hall–Kier alpha value is -2.70. The summed E-state index contributed by atoms with van der Waals surface area (Å²) < 4.78 is 0. The van der Waals surface area contributed by atoms with E-state index >= 15 is 0 Å². The van der Waals surface area contributed by atoms with Crippen molar-refractivity contribution in [3.05, 3.63) is 47.5 Å². The molecule has 1 saturated carbocycles. The summed E-state index contributed by atoms with van der Waals surface area (Å²) in [6.45, 7) is 2.35. The number of nitrogens with one attached hydrogen (secondary N) is 2. The van der Waals surface area contributed by atoms with Gasteiger partial charge in [-0.15, -0.1) is 0 Å². The minimum atomic E-state index is -0.197. The van der Waals surface area contributed by atoms with Crippen LogP contribution >= 0.6 is 0 Å². The molecule has 1 aromatic heterocycles. The number of nitrogens with zero attached hydrogens (tertiary/aromatic N) is 3. The predicted molar refractivity (Wildman–Crippen MR) is 109 cm³/mol. The maximum Gasteiger partial charge on any atom is 0.251 e. The van der Waals surface area contributed by atoms with Crippen LogP contribution in [0.3, 0.4) is 0 Å². The maximum atomic E-state index is 13.0. The van der Waals surface area contributed by atoms with Crippen LogP contribution in [0.1, 0.15) is 73.0 Å². The van der Waals surface area contributed by atoms with Crippen LogP contribution < -0.4 is 5.32 Å². The maximum absolute atomic E-state index is 13.0. The molecule has 1 aromatic carbocycles. The first-order valence-electron chi connectivity index (χ1n) is 10.6. The van der Waals surface area contributed by atoms with Crippen molar-refractivity contribution >= 4 is 11.8 Å². The first kappa shape index (κ1) is 19.6. The van der Waals surface area contributed by atoms with E-state index in [1.165, 1.54) is 25.7 Å². The molecule has 29 heavy (non-hydrogen) atoms. The minimum absolute atomic E-state index is 0.109. The van der Waals surface area contributed by atoms with Crippen molar-refractivity contribution in [2.45, 2.75) is 64.0 Å². The van der Waals surface area contributed by atoms with Crippen molar-refractivity contribution in [1.82, 2.24) is 25.4 Å². The van der Waals surface area contributed by atoms with Gasteiger partial charge < -0.3 is 10.2 Å². The molecule has 7 nitrogen and oxygen atoms in total. The molecule has 2 atom stereocenters. The largest absolute Gasteiger partial charge is 0.347 e. The first-order chi connectivity index (χ1) is 14.1. The highest BCUT2D eigenvalue weighted by Gasteiger charge is 2.39. The van der Waals surface area contributed by atoms with E-state index in [0.29, 0.717) is 36.7 Å². The average Bonchev–Trinajstić information content (AvgIpc) is 3.47. The molecule has 2 fully saturated rings. The molecular formula is C22H29N5O2. The van der Waals surface area contributed by atoms with E-state index in [4.69, 9.17) is 0 Å². The highest BCUT2D eigenvalue weighted by molar-refractivity contribution is 5.94. The number of hydrogen-bond acceptors (Lipinski definition) is 4. The van der Waals surface area contributed by atoms with Gasteiger partial charge in [-0.3, -0.25) is 14.7 Å². The van der Waals surface area contributed by atoms with Gasteiger partial charge in [-0.2, -0.15) is 5.10 Å². The molecule has 2 N–H and O–H groups in total. The lowest BCUT2D eigenvalue weighted by molar-refractivity contribution is -0.132. The second kappa shape index (κ2) is 8.76.